The smallest absolute Gasteiger partial charge is 0.150 e. The molecule has 0 amide bonds. The zero-order valence-electron chi connectivity index (χ0n) is 12.6. The van der Waals surface area contributed by atoms with Gasteiger partial charge in [-0.05, 0) is 31.4 Å². The van der Waals surface area contributed by atoms with E-state index in [2.05, 4.69) is 16.2 Å². The first-order chi connectivity index (χ1) is 11.4. The van der Waals surface area contributed by atoms with Gasteiger partial charge < -0.3 is 4.74 Å². The number of hydrogen-bond acceptors (Lipinski definition) is 4. The number of ether oxygens (including phenoxy) is 1. The van der Waals surface area contributed by atoms with Gasteiger partial charge in [0, 0.05) is 30.0 Å². The summed E-state index contributed by atoms with van der Waals surface area (Å²) in [5.74, 6) is 0. The van der Waals surface area contributed by atoms with Gasteiger partial charge in [-0.1, -0.05) is 18.2 Å². The summed E-state index contributed by atoms with van der Waals surface area (Å²) in [6.45, 7) is 0.758. The molecule has 4 rings (SSSR count). The minimum atomic E-state index is -0.0558. The average Bonchev–Trinajstić information content (AvgIpc) is 3.11. The third kappa shape index (κ3) is 2.37. The average molecular weight is 304 g/mol. The van der Waals surface area contributed by atoms with Gasteiger partial charge in [0.2, 0.25) is 0 Å². The van der Waals surface area contributed by atoms with Crippen molar-refractivity contribution >= 4 is 10.9 Å². The summed E-state index contributed by atoms with van der Waals surface area (Å²) in [5.41, 5.74) is 3.07. The van der Waals surface area contributed by atoms with Gasteiger partial charge in [0.1, 0.15) is 6.07 Å². The van der Waals surface area contributed by atoms with Crippen LogP contribution in [0.25, 0.3) is 22.2 Å². The maximum atomic E-state index is 9.67. The van der Waals surface area contributed by atoms with Crippen molar-refractivity contribution in [3.05, 3.63) is 48.3 Å². The van der Waals surface area contributed by atoms with Gasteiger partial charge >= 0.3 is 0 Å². The maximum absolute atomic E-state index is 9.67. The second-order valence-electron chi connectivity index (χ2n) is 5.66. The molecule has 1 aliphatic rings. The van der Waals surface area contributed by atoms with Crippen LogP contribution in [0, 0.1) is 11.3 Å². The second kappa shape index (κ2) is 5.82. The van der Waals surface area contributed by atoms with E-state index in [4.69, 9.17) is 4.74 Å². The molecular formula is C18H16N4O. The van der Waals surface area contributed by atoms with Crippen LogP contribution in [0.2, 0.25) is 0 Å². The van der Waals surface area contributed by atoms with Gasteiger partial charge in [-0.3, -0.25) is 4.98 Å². The lowest BCUT2D eigenvalue weighted by Crippen LogP contribution is -2.20. The molecule has 5 nitrogen and oxygen atoms in total. The molecule has 1 fully saturated rings. The zero-order valence-corrected chi connectivity index (χ0v) is 12.6. The Kier molecular flexibility index (Phi) is 3.52. The minimum Gasteiger partial charge on any atom is -0.356 e. The first-order valence-corrected chi connectivity index (χ1v) is 7.82. The molecule has 1 aromatic carbocycles. The highest BCUT2D eigenvalue weighted by Crippen LogP contribution is 2.32. The largest absolute Gasteiger partial charge is 0.356 e. The Morgan fingerprint density at radius 1 is 1.17 bits per heavy atom. The summed E-state index contributed by atoms with van der Waals surface area (Å²) >= 11 is 0. The summed E-state index contributed by atoms with van der Waals surface area (Å²) in [5, 5.41) is 15.1. The van der Waals surface area contributed by atoms with E-state index in [9.17, 15) is 5.26 Å². The molecule has 1 atom stereocenters. The lowest BCUT2D eigenvalue weighted by molar-refractivity contribution is -0.0383. The van der Waals surface area contributed by atoms with Gasteiger partial charge in [-0.25, -0.2) is 4.68 Å². The van der Waals surface area contributed by atoms with Gasteiger partial charge in [0.15, 0.2) is 6.23 Å². The molecule has 23 heavy (non-hydrogen) atoms. The molecule has 1 unspecified atom stereocenters. The van der Waals surface area contributed by atoms with Crippen molar-refractivity contribution < 1.29 is 4.74 Å². The van der Waals surface area contributed by atoms with E-state index >= 15 is 0 Å². The first kappa shape index (κ1) is 13.9. The van der Waals surface area contributed by atoms with Crippen LogP contribution in [0.5, 0.6) is 0 Å². The molecule has 1 saturated heterocycles. The van der Waals surface area contributed by atoms with Crippen molar-refractivity contribution in [2.45, 2.75) is 25.5 Å². The number of hydrogen-bond donors (Lipinski definition) is 0. The van der Waals surface area contributed by atoms with Crippen LogP contribution in [0.15, 0.2) is 42.7 Å². The molecule has 3 heterocycles. The molecule has 3 aromatic rings. The van der Waals surface area contributed by atoms with E-state index in [0.29, 0.717) is 5.56 Å². The Bertz CT molecular complexity index is 887. The number of nitriles is 1. The normalized spacial score (nSPS) is 18.0. The van der Waals surface area contributed by atoms with E-state index in [1.807, 2.05) is 35.0 Å². The fraction of sp³-hybridized carbons (Fsp3) is 0.278. The standard InChI is InChI=1S/C18H16N4O/c19-12-15-14(7-6-13-4-3-9-20-18(13)15)16-8-10-21-22(16)17-5-1-2-11-23-17/h3-4,6-10,17H,1-2,5,11H2. The van der Waals surface area contributed by atoms with Crippen LogP contribution < -0.4 is 0 Å². The van der Waals surface area contributed by atoms with Gasteiger partial charge in [-0.2, -0.15) is 10.4 Å². The summed E-state index contributed by atoms with van der Waals surface area (Å²) in [4.78, 5) is 4.38. The summed E-state index contributed by atoms with van der Waals surface area (Å²) in [6, 6.07) is 12.1. The van der Waals surface area contributed by atoms with Crippen molar-refractivity contribution in [3.63, 3.8) is 0 Å². The van der Waals surface area contributed by atoms with Gasteiger partial charge in [-0.15, -0.1) is 0 Å². The van der Waals surface area contributed by atoms with Gasteiger partial charge in [0.05, 0.1) is 16.8 Å². The number of fused-ring (bicyclic) bond motifs is 1. The van der Waals surface area contributed by atoms with Gasteiger partial charge in [0.25, 0.3) is 0 Å². The predicted octanol–water partition coefficient (Wildman–Crippen LogP) is 3.67. The Hall–Kier alpha value is -2.71. The van der Waals surface area contributed by atoms with Crippen molar-refractivity contribution in [1.29, 1.82) is 5.26 Å². The minimum absolute atomic E-state index is 0.0558. The van der Waals surface area contributed by atoms with Crippen molar-refractivity contribution in [3.8, 4) is 17.3 Å². The molecule has 5 heteroatoms. The summed E-state index contributed by atoms with van der Waals surface area (Å²) in [6.07, 6.45) is 6.60. The van der Waals surface area contributed by atoms with Crippen LogP contribution in [0.3, 0.4) is 0 Å². The molecule has 0 radical (unpaired) electrons. The number of aromatic nitrogens is 3. The molecule has 0 N–H and O–H groups in total. The highest BCUT2D eigenvalue weighted by molar-refractivity contribution is 5.90. The monoisotopic (exact) mass is 304 g/mol. The van der Waals surface area contributed by atoms with E-state index in [-0.39, 0.29) is 6.23 Å². The van der Waals surface area contributed by atoms with E-state index in [0.717, 1.165) is 48.0 Å². The van der Waals surface area contributed by atoms with E-state index in [1.54, 1.807) is 12.4 Å². The molecule has 0 aliphatic carbocycles. The zero-order chi connectivity index (χ0) is 15.6. The highest BCUT2D eigenvalue weighted by atomic mass is 16.5. The third-order valence-corrected chi connectivity index (χ3v) is 4.26. The maximum Gasteiger partial charge on any atom is 0.150 e. The number of nitrogens with zero attached hydrogens (tertiary/aromatic N) is 4. The Morgan fingerprint density at radius 3 is 2.96 bits per heavy atom. The molecule has 1 aliphatic heterocycles. The van der Waals surface area contributed by atoms with Crippen molar-refractivity contribution in [2.75, 3.05) is 6.61 Å². The molecule has 0 saturated carbocycles. The lowest BCUT2D eigenvalue weighted by atomic mass is 10.0. The predicted molar refractivity (Wildman–Crippen MR) is 86.5 cm³/mol. The van der Waals surface area contributed by atoms with Crippen LogP contribution in [0.1, 0.15) is 31.1 Å². The van der Waals surface area contributed by atoms with Crippen LogP contribution in [0.4, 0.5) is 0 Å². The molecular weight excluding hydrogens is 288 g/mol. The summed E-state index contributed by atoms with van der Waals surface area (Å²) < 4.78 is 7.74. The first-order valence-electron chi connectivity index (χ1n) is 7.82. The molecule has 2 aromatic heterocycles. The number of benzene rings is 1. The Labute approximate surface area is 134 Å². The highest BCUT2D eigenvalue weighted by Gasteiger charge is 2.21. The van der Waals surface area contributed by atoms with E-state index in [1.165, 1.54) is 0 Å². The quantitative estimate of drug-likeness (QED) is 0.724. The third-order valence-electron chi connectivity index (χ3n) is 4.26. The SMILES string of the molecule is N#Cc1c(-c2ccnn2C2CCCCO2)ccc2cccnc12. The fourth-order valence-electron chi connectivity index (χ4n) is 3.15. The Balaban J connectivity index is 1.87. The van der Waals surface area contributed by atoms with Crippen molar-refractivity contribution in [2.24, 2.45) is 0 Å². The lowest BCUT2D eigenvalue weighted by Gasteiger charge is -2.24. The number of pyridine rings is 1. The molecule has 114 valence electrons. The summed E-state index contributed by atoms with van der Waals surface area (Å²) in [7, 11) is 0. The topological polar surface area (TPSA) is 63.7 Å². The Morgan fingerprint density at radius 2 is 2.13 bits per heavy atom. The van der Waals surface area contributed by atoms with Crippen LogP contribution in [-0.4, -0.2) is 21.4 Å². The van der Waals surface area contributed by atoms with E-state index < -0.39 is 0 Å². The fourth-order valence-corrected chi connectivity index (χ4v) is 3.15. The molecule has 0 spiro atoms. The van der Waals surface area contributed by atoms with Crippen molar-refractivity contribution in [1.82, 2.24) is 14.8 Å². The molecule has 0 bridgehead atoms. The van der Waals surface area contributed by atoms with Crippen LogP contribution >= 0.6 is 0 Å². The second-order valence-corrected chi connectivity index (χ2v) is 5.66. The number of rotatable bonds is 2. The van der Waals surface area contributed by atoms with Crippen LogP contribution in [-0.2, 0) is 4.74 Å².